The molecule has 0 spiro atoms. The Morgan fingerprint density at radius 1 is 0.600 bits per heavy atom. The lowest BCUT2D eigenvalue weighted by molar-refractivity contribution is -0.131. The number of unbranched alkanes of at least 4 members (excludes halogenated alkanes) is 2. The lowest BCUT2D eigenvalue weighted by atomic mass is 9.90. The topological polar surface area (TPSA) is 136 Å². The number of nitrogens with one attached hydrogen (secondary N) is 2. The van der Waals surface area contributed by atoms with Crippen LogP contribution in [0, 0.1) is 27.7 Å². The first-order chi connectivity index (χ1) is 36.0. The minimum Gasteiger partial charge on any atom is -0.424 e. The Hall–Kier alpha value is -5.12. The molecule has 75 heavy (non-hydrogen) atoms. The lowest BCUT2D eigenvalue weighted by Crippen LogP contribution is -2.50. The Bertz CT molecular complexity index is 3170. The molecule has 15 heteroatoms. The summed E-state index contributed by atoms with van der Waals surface area (Å²) in [7, 11) is 0. The first kappa shape index (κ1) is 54.7. The average Bonchev–Trinajstić information content (AvgIpc) is 4.24. The highest BCUT2D eigenvalue weighted by atomic mass is 35.5. The number of carbonyl (C=O) groups excluding carboxylic acids is 1. The molecule has 0 atom stereocenters. The summed E-state index contributed by atoms with van der Waals surface area (Å²) in [5.74, 6) is 3.71. The number of likely N-dealkylation sites (tertiary alicyclic amines) is 1. The number of nitrogens with zero attached hydrogens (tertiary/aromatic N) is 7. The van der Waals surface area contributed by atoms with Gasteiger partial charge in [0.25, 0.3) is 0 Å². The van der Waals surface area contributed by atoms with Crippen LogP contribution >= 0.6 is 34.3 Å². The Morgan fingerprint density at radius 2 is 1.04 bits per heavy atom. The highest BCUT2D eigenvalue weighted by molar-refractivity contribution is 7.19. The summed E-state index contributed by atoms with van der Waals surface area (Å²) >= 11 is 9.77. The zero-order chi connectivity index (χ0) is 53.0. The van der Waals surface area contributed by atoms with E-state index in [-0.39, 0.29) is 10.8 Å². The number of alkyl halides is 1. The van der Waals surface area contributed by atoms with Crippen LogP contribution < -0.4 is 0 Å². The number of carbonyl (C=O) groups is 1. The summed E-state index contributed by atoms with van der Waals surface area (Å²) in [6, 6.07) is 18.1. The molecule has 400 valence electrons. The molecule has 2 saturated heterocycles. The van der Waals surface area contributed by atoms with Crippen molar-refractivity contribution < 1.29 is 13.6 Å². The number of aromatic amines is 2. The molecule has 0 radical (unpaired) electrons. The third-order valence-corrected chi connectivity index (χ3v) is 18.2. The zero-order valence-corrected chi connectivity index (χ0v) is 48.5. The molecule has 8 heterocycles. The summed E-state index contributed by atoms with van der Waals surface area (Å²) in [6.45, 7) is 29.0. The number of thiophene rings is 2. The molecule has 0 saturated carbocycles. The molecular formula is C60H78ClN9O3S2. The Labute approximate surface area is 457 Å². The second-order valence-electron chi connectivity index (χ2n) is 22.3. The summed E-state index contributed by atoms with van der Waals surface area (Å²) in [4.78, 5) is 32.0. The van der Waals surface area contributed by atoms with Gasteiger partial charge in [-0.2, -0.15) is 0 Å². The quantitative estimate of drug-likeness (QED) is 0.0759. The van der Waals surface area contributed by atoms with Crippen LogP contribution in [0.4, 0.5) is 0 Å². The van der Waals surface area contributed by atoms with Crippen molar-refractivity contribution in [1.29, 1.82) is 0 Å². The average molecular weight is 1070 g/mol. The third kappa shape index (κ3) is 12.4. The van der Waals surface area contributed by atoms with Gasteiger partial charge in [-0.3, -0.25) is 9.69 Å². The number of hydrogen-bond donors (Lipinski definition) is 2. The SMILES string of the molecule is CCCCc1nnc(C(C)(C)c2cc3c(CCCl)c(-c4cc(C)cc(C)c4)[nH]c3s2)o1.CCCCc1nnc(C(C)(C)c2cc3c(CCN4CCN(CC(=O)N5CCCC5)CC4)c(-c4cc(C)cc(C)c4)[nH]c3s2)o1. The molecule has 6 aromatic heterocycles. The number of benzene rings is 2. The number of H-pyrrole nitrogens is 2. The van der Waals surface area contributed by atoms with E-state index in [4.69, 9.17) is 20.4 Å². The van der Waals surface area contributed by atoms with E-state index in [1.165, 1.54) is 86.1 Å². The van der Waals surface area contributed by atoms with E-state index in [0.717, 1.165) is 122 Å². The van der Waals surface area contributed by atoms with Gasteiger partial charge in [-0.15, -0.1) is 54.7 Å². The number of halogens is 1. The Balaban J connectivity index is 0.000000195. The molecule has 2 N–H and O–H groups in total. The number of piperazine rings is 1. The van der Waals surface area contributed by atoms with Gasteiger partial charge in [-0.1, -0.05) is 61.1 Å². The first-order valence-corrected chi connectivity index (χ1v) is 29.6. The molecule has 2 fully saturated rings. The molecular weight excluding hydrogens is 994 g/mol. The number of aromatic nitrogens is 6. The van der Waals surface area contributed by atoms with Crippen LogP contribution in [0.25, 0.3) is 42.9 Å². The van der Waals surface area contributed by atoms with Gasteiger partial charge in [-0.05, 0) is 153 Å². The van der Waals surface area contributed by atoms with Gasteiger partial charge in [-0.25, -0.2) is 0 Å². The van der Waals surface area contributed by atoms with Crippen LogP contribution in [0.1, 0.15) is 147 Å². The van der Waals surface area contributed by atoms with Crippen LogP contribution in [0.2, 0.25) is 0 Å². The number of aryl methyl sites for hydroxylation is 7. The monoisotopic (exact) mass is 1070 g/mol. The van der Waals surface area contributed by atoms with Crippen molar-refractivity contribution in [2.75, 3.05) is 58.2 Å². The van der Waals surface area contributed by atoms with Crippen molar-refractivity contribution in [3.63, 3.8) is 0 Å². The van der Waals surface area contributed by atoms with Crippen LogP contribution in [0.3, 0.4) is 0 Å². The molecule has 10 rings (SSSR count). The molecule has 2 aliphatic heterocycles. The van der Waals surface area contributed by atoms with Crippen LogP contribution in [0.15, 0.2) is 57.4 Å². The largest absolute Gasteiger partial charge is 0.424 e. The predicted octanol–water partition coefficient (Wildman–Crippen LogP) is 13.7. The van der Waals surface area contributed by atoms with E-state index in [1.807, 2.05) is 4.90 Å². The predicted molar refractivity (Wildman–Crippen MR) is 309 cm³/mol. The van der Waals surface area contributed by atoms with Gasteiger partial charge in [0, 0.05) is 85.1 Å². The molecule has 1 amide bonds. The van der Waals surface area contributed by atoms with E-state index in [9.17, 15) is 4.79 Å². The maximum absolute atomic E-state index is 12.7. The zero-order valence-electron chi connectivity index (χ0n) is 46.1. The number of hydrogen-bond acceptors (Lipinski definition) is 11. The number of amides is 1. The van der Waals surface area contributed by atoms with Gasteiger partial charge in [0.15, 0.2) is 0 Å². The van der Waals surface area contributed by atoms with Crippen molar-refractivity contribution >= 4 is 60.6 Å². The minimum absolute atomic E-state index is 0.303. The molecule has 0 aliphatic carbocycles. The van der Waals surface area contributed by atoms with E-state index < -0.39 is 0 Å². The Morgan fingerprint density at radius 3 is 1.48 bits per heavy atom. The molecule has 2 aliphatic rings. The van der Waals surface area contributed by atoms with Gasteiger partial charge in [0.05, 0.1) is 28.8 Å². The third-order valence-electron chi connectivity index (χ3n) is 15.2. The van der Waals surface area contributed by atoms with E-state index in [2.05, 4.69) is 158 Å². The second kappa shape index (κ2) is 23.6. The highest BCUT2D eigenvalue weighted by Crippen LogP contribution is 2.44. The maximum atomic E-state index is 12.7. The lowest BCUT2D eigenvalue weighted by Gasteiger charge is -2.35. The van der Waals surface area contributed by atoms with Crippen molar-refractivity contribution in [1.82, 2.24) is 45.1 Å². The van der Waals surface area contributed by atoms with E-state index in [0.29, 0.717) is 30.1 Å². The first-order valence-electron chi connectivity index (χ1n) is 27.5. The fraction of sp³-hybridized carbons (Fsp3) is 0.517. The van der Waals surface area contributed by atoms with Crippen LogP contribution in [-0.2, 0) is 41.3 Å². The van der Waals surface area contributed by atoms with Crippen LogP contribution in [0.5, 0.6) is 0 Å². The van der Waals surface area contributed by atoms with Crippen molar-refractivity contribution in [2.24, 2.45) is 0 Å². The van der Waals surface area contributed by atoms with Gasteiger partial charge in [0.2, 0.25) is 29.5 Å². The van der Waals surface area contributed by atoms with E-state index in [1.54, 1.807) is 22.7 Å². The highest BCUT2D eigenvalue weighted by Gasteiger charge is 2.35. The molecule has 8 aromatic rings. The van der Waals surface area contributed by atoms with Gasteiger partial charge in [0.1, 0.15) is 9.66 Å². The molecule has 2 aromatic carbocycles. The fourth-order valence-electron chi connectivity index (χ4n) is 10.8. The van der Waals surface area contributed by atoms with Crippen molar-refractivity contribution in [2.45, 2.75) is 144 Å². The van der Waals surface area contributed by atoms with Crippen molar-refractivity contribution in [3.8, 4) is 22.5 Å². The van der Waals surface area contributed by atoms with Gasteiger partial charge >= 0.3 is 0 Å². The van der Waals surface area contributed by atoms with Crippen molar-refractivity contribution in [3.05, 3.63) is 115 Å². The van der Waals surface area contributed by atoms with Crippen LogP contribution in [-0.4, -0.2) is 109 Å². The minimum atomic E-state index is -0.373. The smallest absolute Gasteiger partial charge is 0.236 e. The maximum Gasteiger partial charge on any atom is 0.236 e. The summed E-state index contributed by atoms with van der Waals surface area (Å²) in [5, 5.41) is 20.0. The molecule has 12 nitrogen and oxygen atoms in total. The fourth-order valence-corrected chi connectivity index (χ4v) is 13.4. The standard InChI is InChI=1S/C35H48N6O2S.C25H30ClN3OS/c1-6-7-10-30-37-38-34(43-30)35(4,5)29-22-28-27(32(36-33(28)44-29)26-20-24(2)19-25(3)21-26)11-14-39-15-17-40(18-16-39)23-31(42)41-12-8-9-13-41;1-6-7-8-21-28-29-24(30-21)25(4,5)20-14-19-18(9-10-26)22(27-23(19)31-20)17-12-15(2)11-16(3)13-17/h19-22,36H,6-18,23H2,1-5H3;11-14,27H,6-10H2,1-5H3. The molecule has 0 bridgehead atoms. The Kier molecular flexibility index (Phi) is 17.2. The normalized spacial score (nSPS) is 14.9. The summed E-state index contributed by atoms with van der Waals surface area (Å²) < 4.78 is 12.2. The van der Waals surface area contributed by atoms with Gasteiger partial charge < -0.3 is 28.6 Å². The molecule has 0 unspecified atom stereocenters. The number of rotatable bonds is 19. The summed E-state index contributed by atoms with van der Waals surface area (Å²) in [6.07, 6.45) is 10.1. The second-order valence-corrected chi connectivity index (χ2v) is 24.8. The number of fused-ring (bicyclic) bond motifs is 2. The van der Waals surface area contributed by atoms with E-state index >= 15 is 0 Å². The summed E-state index contributed by atoms with van der Waals surface area (Å²) in [5.41, 5.74) is 11.9.